The topological polar surface area (TPSA) is 46.3 Å². The predicted octanol–water partition coefficient (Wildman–Crippen LogP) is 2.05. The summed E-state index contributed by atoms with van der Waals surface area (Å²) in [5, 5.41) is 0. The second kappa shape index (κ2) is 5.49. The maximum atomic E-state index is 12.5. The molecule has 2 N–H and O–H groups in total. The van der Waals surface area contributed by atoms with Crippen LogP contribution in [0.15, 0.2) is 0 Å². The van der Waals surface area contributed by atoms with Crippen molar-refractivity contribution in [1.82, 2.24) is 4.90 Å². The maximum Gasteiger partial charge on any atom is 0.155 e. The Morgan fingerprint density at radius 3 is 2.35 bits per heavy atom. The van der Waals surface area contributed by atoms with Gasteiger partial charge in [0.05, 0.1) is 6.04 Å². The highest BCUT2D eigenvalue weighted by molar-refractivity contribution is 5.88. The minimum absolute atomic E-state index is 0.0588. The molecule has 0 aromatic rings. The average Bonchev–Trinajstić information content (AvgIpc) is 2.58. The van der Waals surface area contributed by atoms with E-state index in [1.54, 1.807) is 0 Å². The highest BCUT2D eigenvalue weighted by atomic mass is 16.1. The Labute approximate surface area is 106 Å². The van der Waals surface area contributed by atoms with Crippen molar-refractivity contribution in [2.75, 3.05) is 13.1 Å². The van der Waals surface area contributed by atoms with Gasteiger partial charge in [0.2, 0.25) is 0 Å². The normalized spacial score (nSPS) is 24.3. The summed E-state index contributed by atoms with van der Waals surface area (Å²) in [5.74, 6) is 0.906. The molecule has 3 nitrogen and oxygen atoms in total. The van der Waals surface area contributed by atoms with Crippen molar-refractivity contribution in [3.05, 3.63) is 0 Å². The fourth-order valence-electron chi connectivity index (χ4n) is 2.47. The average molecular weight is 240 g/mol. The second-order valence-corrected chi connectivity index (χ2v) is 6.80. The van der Waals surface area contributed by atoms with E-state index in [1.807, 2.05) is 20.8 Å². The number of nitrogens with two attached hydrogens (primary N) is 1. The van der Waals surface area contributed by atoms with Gasteiger partial charge in [-0.3, -0.25) is 9.69 Å². The van der Waals surface area contributed by atoms with Crippen LogP contribution >= 0.6 is 0 Å². The van der Waals surface area contributed by atoms with Crippen molar-refractivity contribution < 1.29 is 4.79 Å². The maximum absolute atomic E-state index is 12.5. The molecule has 1 aliphatic heterocycles. The van der Waals surface area contributed by atoms with Crippen LogP contribution in [0.4, 0.5) is 0 Å². The standard InChI is InChI=1S/C14H28N2O/c1-10(2)8-12(13(17)14(3,4)5)16-7-6-11(15)9-16/h10-12H,6-9,15H2,1-5H3. The molecule has 2 unspecified atom stereocenters. The summed E-state index contributed by atoms with van der Waals surface area (Å²) in [4.78, 5) is 14.8. The molecule has 1 heterocycles. The van der Waals surface area contributed by atoms with Crippen LogP contribution in [0, 0.1) is 11.3 Å². The monoisotopic (exact) mass is 240 g/mol. The van der Waals surface area contributed by atoms with E-state index in [0.29, 0.717) is 11.7 Å². The summed E-state index contributed by atoms with van der Waals surface area (Å²) in [6.07, 6.45) is 1.97. The van der Waals surface area contributed by atoms with E-state index in [2.05, 4.69) is 18.7 Å². The fraction of sp³-hybridized carbons (Fsp3) is 0.929. The fourth-order valence-corrected chi connectivity index (χ4v) is 2.47. The highest BCUT2D eigenvalue weighted by Crippen LogP contribution is 2.26. The molecule has 100 valence electrons. The number of carbonyl (C=O) groups excluding carboxylic acids is 1. The van der Waals surface area contributed by atoms with Crippen LogP contribution in [-0.2, 0) is 4.79 Å². The Hall–Kier alpha value is -0.410. The van der Waals surface area contributed by atoms with Gasteiger partial charge in [0.25, 0.3) is 0 Å². The van der Waals surface area contributed by atoms with Crippen LogP contribution in [0.25, 0.3) is 0 Å². The first-order chi connectivity index (χ1) is 7.71. The van der Waals surface area contributed by atoms with Crippen molar-refractivity contribution in [3.8, 4) is 0 Å². The van der Waals surface area contributed by atoms with E-state index >= 15 is 0 Å². The summed E-state index contributed by atoms with van der Waals surface area (Å²) in [7, 11) is 0. The van der Waals surface area contributed by atoms with Gasteiger partial charge in [-0.1, -0.05) is 34.6 Å². The van der Waals surface area contributed by atoms with Crippen LogP contribution < -0.4 is 5.73 Å². The van der Waals surface area contributed by atoms with Gasteiger partial charge in [-0.05, 0) is 18.8 Å². The summed E-state index contributed by atoms with van der Waals surface area (Å²) < 4.78 is 0. The molecule has 3 heteroatoms. The van der Waals surface area contributed by atoms with Gasteiger partial charge in [0.1, 0.15) is 0 Å². The number of nitrogens with zero attached hydrogens (tertiary/aromatic N) is 1. The van der Waals surface area contributed by atoms with Gasteiger partial charge >= 0.3 is 0 Å². The lowest BCUT2D eigenvalue weighted by Gasteiger charge is -2.32. The zero-order chi connectivity index (χ0) is 13.2. The van der Waals surface area contributed by atoms with Gasteiger partial charge in [-0.25, -0.2) is 0 Å². The molecule has 0 aromatic heterocycles. The SMILES string of the molecule is CC(C)CC(C(=O)C(C)(C)C)N1CCC(N)C1. The molecule has 0 aliphatic carbocycles. The van der Waals surface area contributed by atoms with Gasteiger partial charge in [-0.2, -0.15) is 0 Å². The Kier molecular flexibility index (Phi) is 4.73. The quantitative estimate of drug-likeness (QED) is 0.818. The lowest BCUT2D eigenvalue weighted by Crippen LogP contribution is -2.46. The molecule has 0 aromatic carbocycles. The third-order valence-corrected chi connectivity index (χ3v) is 3.43. The van der Waals surface area contributed by atoms with Crippen molar-refractivity contribution in [3.63, 3.8) is 0 Å². The number of hydrogen-bond donors (Lipinski definition) is 1. The first kappa shape index (κ1) is 14.7. The van der Waals surface area contributed by atoms with E-state index in [-0.39, 0.29) is 17.5 Å². The number of hydrogen-bond acceptors (Lipinski definition) is 3. The molecule has 0 bridgehead atoms. The number of Topliss-reactive ketones (excluding diaryl/α,β-unsaturated/α-hetero) is 1. The van der Waals surface area contributed by atoms with Gasteiger partial charge in [0, 0.05) is 24.5 Å². The smallest absolute Gasteiger partial charge is 0.155 e. The first-order valence-corrected chi connectivity index (χ1v) is 6.75. The summed E-state index contributed by atoms with van der Waals surface area (Å²) >= 11 is 0. The summed E-state index contributed by atoms with van der Waals surface area (Å²) in [6, 6.07) is 0.306. The molecule has 1 fully saturated rings. The van der Waals surface area contributed by atoms with E-state index in [9.17, 15) is 4.79 Å². The molecule has 0 spiro atoms. The van der Waals surface area contributed by atoms with Crippen LogP contribution in [0.5, 0.6) is 0 Å². The molecule has 0 saturated carbocycles. The molecule has 1 saturated heterocycles. The largest absolute Gasteiger partial charge is 0.326 e. The number of likely N-dealkylation sites (tertiary alicyclic amines) is 1. The Morgan fingerprint density at radius 2 is 2.00 bits per heavy atom. The Morgan fingerprint density at radius 1 is 1.41 bits per heavy atom. The molecular formula is C14H28N2O. The second-order valence-electron chi connectivity index (χ2n) is 6.80. The van der Waals surface area contributed by atoms with E-state index in [4.69, 9.17) is 5.73 Å². The molecular weight excluding hydrogens is 212 g/mol. The third kappa shape index (κ3) is 4.07. The van der Waals surface area contributed by atoms with Crippen LogP contribution in [0.2, 0.25) is 0 Å². The number of carbonyl (C=O) groups is 1. The molecule has 1 aliphatic rings. The highest BCUT2D eigenvalue weighted by Gasteiger charge is 2.36. The zero-order valence-corrected chi connectivity index (χ0v) is 12.0. The molecule has 0 amide bonds. The molecule has 17 heavy (non-hydrogen) atoms. The van der Waals surface area contributed by atoms with Crippen LogP contribution in [0.1, 0.15) is 47.5 Å². The summed E-state index contributed by atoms with van der Waals surface area (Å²) in [5.41, 5.74) is 5.69. The lowest BCUT2D eigenvalue weighted by molar-refractivity contribution is -0.132. The molecule has 0 radical (unpaired) electrons. The minimum Gasteiger partial charge on any atom is -0.326 e. The molecule has 1 rings (SSSR count). The number of ketones is 1. The lowest BCUT2D eigenvalue weighted by atomic mass is 9.83. The minimum atomic E-state index is -0.258. The van der Waals surface area contributed by atoms with Crippen molar-refractivity contribution in [1.29, 1.82) is 0 Å². The van der Waals surface area contributed by atoms with Gasteiger partial charge in [0.15, 0.2) is 5.78 Å². The predicted molar refractivity (Wildman–Crippen MR) is 71.9 cm³/mol. The van der Waals surface area contributed by atoms with E-state index in [1.165, 1.54) is 0 Å². The molecule has 2 atom stereocenters. The van der Waals surface area contributed by atoms with Crippen molar-refractivity contribution in [2.45, 2.75) is 59.5 Å². The van der Waals surface area contributed by atoms with E-state index in [0.717, 1.165) is 25.9 Å². The van der Waals surface area contributed by atoms with Gasteiger partial charge in [-0.15, -0.1) is 0 Å². The van der Waals surface area contributed by atoms with Gasteiger partial charge < -0.3 is 5.73 Å². The van der Waals surface area contributed by atoms with Crippen LogP contribution in [-0.4, -0.2) is 35.9 Å². The number of rotatable bonds is 4. The summed E-state index contributed by atoms with van der Waals surface area (Å²) in [6.45, 7) is 12.2. The Balaban J connectivity index is 2.77. The van der Waals surface area contributed by atoms with Crippen LogP contribution in [0.3, 0.4) is 0 Å². The van der Waals surface area contributed by atoms with Crippen molar-refractivity contribution in [2.24, 2.45) is 17.1 Å². The first-order valence-electron chi connectivity index (χ1n) is 6.75. The Bertz CT molecular complexity index is 268. The van der Waals surface area contributed by atoms with E-state index < -0.39 is 0 Å². The zero-order valence-electron chi connectivity index (χ0n) is 12.0. The van der Waals surface area contributed by atoms with Crippen molar-refractivity contribution >= 4 is 5.78 Å². The third-order valence-electron chi connectivity index (χ3n) is 3.43.